The summed E-state index contributed by atoms with van der Waals surface area (Å²) in [6.45, 7) is 2.05. The highest BCUT2D eigenvalue weighted by molar-refractivity contribution is 5.66. The topological polar surface area (TPSA) is 77.8 Å². The molecule has 1 aliphatic carbocycles. The van der Waals surface area contributed by atoms with Crippen molar-refractivity contribution in [1.29, 1.82) is 0 Å². The number of hydrogen-bond acceptors (Lipinski definition) is 3. The molecule has 0 spiro atoms. The van der Waals surface area contributed by atoms with Crippen LogP contribution in [-0.2, 0) is 4.79 Å². The van der Waals surface area contributed by atoms with Gasteiger partial charge in [-0.3, -0.25) is 4.79 Å². The maximum absolute atomic E-state index is 13.4. The molecule has 0 saturated heterocycles. The molecule has 0 amide bonds. The van der Waals surface area contributed by atoms with Crippen LogP contribution in [0, 0.1) is 5.92 Å². The molecule has 3 N–H and O–H groups in total. The molecule has 3 atom stereocenters. The number of hydrogen-bond donors (Lipinski definition) is 3. The zero-order valence-corrected chi connectivity index (χ0v) is 16.5. The third-order valence-corrected chi connectivity index (χ3v) is 5.19. The quantitative estimate of drug-likeness (QED) is 0.292. The molecule has 0 saturated carbocycles. The molecular weight excluding hydrogens is 373 g/mol. The van der Waals surface area contributed by atoms with Crippen LogP contribution in [0.4, 0.5) is 13.2 Å². The zero-order valence-electron chi connectivity index (χ0n) is 16.5. The summed E-state index contributed by atoms with van der Waals surface area (Å²) in [7, 11) is 0. The van der Waals surface area contributed by atoms with Gasteiger partial charge in [0.2, 0.25) is 0 Å². The Bertz CT molecular complexity index is 540. The van der Waals surface area contributed by atoms with Crippen molar-refractivity contribution in [3.63, 3.8) is 0 Å². The average molecular weight is 406 g/mol. The summed E-state index contributed by atoms with van der Waals surface area (Å²) in [4.78, 5) is 10.5. The van der Waals surface area contributed by atoms with E-state index in [0.717, 1.165) is 19.3 Å². The lowest BCUT2D eigenvalue weighted by Gasteiger charge is -2.17. The molecule has 0 aromatic carbocycles. The van der Waals surface area contributed by atoms with E-state index < -0.39 is 42.3 Å². The maximum atomic E-state index is 13.4. The fourth-order valence-corrected chi connectivity index (χ4v) is 3.65. The van der Waals surface area contributed by atoms with E-state index in [9.17, 15) is 28.2 Å². The number of aliphatic hydroxyl groups excluding tert-OH is 2. The molecule has 0 aliphatic heterocycles. The van der Waals surface area contributed by atoms with E-state index in [-0.39, 0.29) is 18.4 Å². The van der Waals surface area contributed by atoms with Crippen molar-refractivity contribution in [2.45, 2.75) is 95.9 Å². The first kappa shape index (κ1) is 24.7. The van der Waals surface area contributed by atoms with E-state index in [1.807, 2.05) is 0 Å². The van der Waals surface area contributed by atoms with E-state index in [0.29, 0.717) is 32.1 Å². The van der Waals surface area contributed by atoms with E-state index in [4.69, 9.17) is 5.11 Å². The molecule has 0 heterocycles. The molecule has 28 heavy (non-hydrogen) atoms. The molecule has 0 fully saturated rings. The predicted octanol–water partition coefficient (Wildman–Crippen LogP) is 5.15. The van der Waals surface area contributed by atoms with Gasteiger partial charge in [-0.15, -0.1) is 0 Å². The molecule has 4 nitrogen and oxygen atoms in total. The molecule has 0 unspecified atom stereocenters. The Kier molecular flexibility index (Phi) is 10.8. The van der Waals surface area contributed by atoms with Crippen molar-refractivity contribution < 1.29 is 33.3 Å². The second-order valence-corrected chi connectivity index (χ2v) is 7.55. The first-order valence-electron chi connectivity index (χ1n) is 10.2. The SMILES string of the molecule is CCCCC[C@H](O)/C=C/[C@@H]1C(CCCCCCC(=O)O)=C(C(F)(F)F)C[C@H]1O. The molecule has 0 aromatic heterocycles. The molecule has 7 heteroatoms. The van der Waals surface area contributed by atoms with Crippen LogP contribution in [0.2, 0.25) is 0 Å². The number of aliphatic hydroxyl groups is 2. The Labute approximate surface area is 165 Å². The van der Waals surface area contributed by atoms with E-state index in [2.05, 4.69) is 6.92 Å². The van der Waals surface area contributed by atoms with E-state index >= 15 is 0 Å². The summed E-state index contributed by atoms with van der Waals surface area (Å²) in [6, 6.07) is 0. The summed E-state index contributed by atoms with van der Waals surface area (Å²) in [5, 5.41) is 28.8. The number of unbranched alkanes of at least 4 members (excludes halogenated alkanes) is 5. The van der Waals surface area contributed by atoms with Crippen LogP contribution in [0.15, 0.2) is 23.3 Å². The highest BCUT2D eigenvalue weighted by atomic mass is 19.4. The van der Waals surface area contributed by atoms with Gasteiger partial charge in [-0.05, 0) is 25.7 Å². The highest BCUT2D eigenvalue weighted by Crippen LogP contribution is 2.44. The number of alkyl halides is 3. The largest absolute Gasteiger partial charge is 0.481 e. The molecule has 1 rings (SSSR count). The third-order valence-electron chi connectivity index (χ3n) is 5.19. The van der Waals surface area contributed by atoms with Crippen LogP contribution in [0.1, 0.15) is 77.6 Å². The normalized spacial score (nSPS) is 21.6. The second kappa shape index (κ2) is 12.3. The minimum atomic E-state index is -4.47. The van der Waals surface area contributed by atoms with Gasteiger partial charge >= 0.3 is 12.1 Å². The number of aliphatic carboxylic acids is 1. The zero-order chi connectivity index (χ0) is 21.2. The van der Waals surface area contributed by atoms with Crippen LogP contribution in [0.3, 0.4) is 0 Å². The first-order chi connectivity index (χ1) is 13.2. The van der Waals surface area contributed by atoms with E-state index in [1.54, 1.807) is 0 Å². The van der Waals surface area contributed by atoms with Gasteiger partial charge in [-0.2, -0.15) is 13.2 Å². The maximum Gasteiger partial charge on any atom is 0.412 e. The Morgan fingerprint density at radius 3 is 2.46 bits per heavy atom. The van der Waals surface area contributed by atoms with Crippen molar-refractivity contribution in [3.8, 4) is 0 Å². The lowest BCUT2D eigenvalue weighted by Crippen LogP contribution is -2.15. The number of carboxylic acids is 1. The average Bonchev–Trinajstić information content (AvgIpc) is 2.92. The van der Waals surface area contributed by atoms with Crippen LogP contribution in [0.25, 0.3) is 0 Å². The van der Waals surface area contributed by atoms with Gasteiger partial charge in [0.05, 0.1) is 12.2 Å². The molecule has 1 aliphatic rings. The second-order valence-electron chi connectivity index (χ2n) is 7.55. The van der Waals surface area contributed by atoms with Crippen molar-refractivity contribution in [3.05, 3.63) is 23.3 Å². The van der Waals surface area contributed by atoms with Gasteiger partial charge < -0.3 is 15.3 Å². The summed E-state index contributed by atoms with van der Waals surface area (Å²) < 4.78 is 40.1. The standard InChI is InChI=1S/C21H33F3O4/c1-2-3-6-9-15(25)12-13-17-16(10-7-4-5-8-11-20(27)28)18(14-19(17)26)21(22,23)24/h12-13,15,17,19,25-26H,2-11,14H2,1H3,(H,27,28)/b13-12+/t15-,17+,19+/m0/s1. The van der Waals surface area contributed by atoms with Gasteiger partial charge in [0, 0.05) is 24.3 Å². The van der Waals surface area contributed by atoms with Crippen LogP contribution in [-0.4, -0.2) is 39.7 Å². The minimum absolute atomic E-state index is 0.0660. The van der Waals surface area contributed by atoms with Gasteiger partial charge in [0.25, 0.3) is 0 Å². The van der Waals surface area contributed by atoms with Crippen molar-refractivity contribution in [1.82, 2.24) is 0 Å². The third kappa shape index (κ3) is 8.78. The summed E-state index contributed by atoms with van der Waals surface area (Å²) in [5.41, 5.74) is -0.448. The van der Waals surface area contributed by atoms with Gasteiger partial charge in [0.1, 0.15) is 0 Å². The number of carbonyl (C=O) groups is 1. The fraction of sp³-hybridized carbons (Fsp3) is 0.762. The number of carboxylic acid groups (broad SMARTS) is 1. The van der Waals surface area contributed by atoms with Crippen LogP contribution < -0.4 is 0 Å². The number of halogens is 3. The minimum Gasteiger partial charge on any atom is -0.481 e. The highest BCUT2D eigenvalue weighted by Gasteiger charge is 2.44. The summed E-state index contributed by atoms with van der Waals surface area (Å²) in [6.07, 6.45) is 2.34. The molecule has 162 valence electrons. The lowest BCUT2D eigenvalue weighted by atomic mass is 9.92. The van der Waals surface area contributed by atoms with Gasteiger partial charge in [-0.1, -0.05) is 56.8 Å². The number of rotatable bonds is 13. The van der Waals surface area contributed by atoms with E-state index in [1.165, 1.54) is 12.2 Å². The first-order valence-corrected chi connectivity index (χ1v) is 10.2. The van der Waals surface area contributed by atoms with Crippen molar-refractivity contribution >= 4 is 5.97 Å². The summed E-state index contributed by atoms with van der Waals surface area (Å²) in [5.74, 6) is -1.60. The molecular formula is C21H33F3O4. The Morgan fingerprint density at radius 2 is 1.86 bits per heavy atom. The Balaban J connectivity index is 2.71. The predicted molar refractivity (Wildman–Crippen MR) is 102 cm³/mol. The van der Waals surface area contributed by atoms with Crippen LogP contribution >= 0.6 is 0 Å². The van der Waals surface area contributed by atoms with Crippen molar-refractivity contribution in [2.24, 2.45) is 5.92 Å². The molecule has 0 aromatic rings. The monoisotopic (exact) mass is 406 g/mol. The van der Waals surface area contributed by atoms with Crippen molar-refractivity contribution in [2.75, 3.05) is 0 Å². The Morgan fingerprint density at radius 1 is 1.18 bits per heavy atom. The Hall–Kier alpha value is -1.34. The molecule has 0 bridgehead atoms. The fourth-order valence-electron chi connectivity index (χ4n) is 3.65. The van der Waals surface area contributed by atoms with Gasteiger partial charge in [0.15, 0.2) is 0 Å². The lowest BCUT2D eigenvalue weighted by molar-refractivity contribution is -0.137. The van der Waals surface area contributed by atoms with Gasteiger partial charge in [-0.25, -0.2) is 0 Å². The molecule has 0 radical (unpaired) electrons. The smallest absolute Gasteiger partial charge is 0.412 e. The summed E-state index contributed by atoms with van der Waals surface area (Å²) >= 11 is 0. The van der Waals surface area contributed by atoms with Crippen LogP contribution in [0.5, 0.6) is 0 Å².